The van der Waals surface area contributed by atoms with Crippen molar-refractivity contribution in [1.82, 2.24) is 15.2 Å². The van der Waals surface area contributed by atoms with Crippen molar-refractivity contribution in [3.05, 3.63) is 89.9 Å². The molecular formula is C22H18N4. The summed E-state index contributed by atoms with van der Waals surface area (Å²) in [7, 11) is 0. The third-order valence-electron chi connectivity index (χ3n) is 4.11. The van der Waals surface area contributed by atoms with Gasteiger partial charge in [0, 0.05) is 28.9 Å². The van der Waals surface area contributed by atoms with Crippen LogP contribution in [0.4, 0.5) is 11.5 Å². The molecule has 1 N–H and O–H groups in total. The van der Waals surface area contributed by atoms with E-state index < -0.39 is 0 Å². The Balaban J connectivity index is 1.72. The Morgan fingerprint density at radius 3 is 2.54 bits per heavy atom. The number of rotatable bonds is 4. The summed E-state index contributed by atoms with van der Waals surface area (Å²) in [6.07, 6.45) is 7.55. The van der Waals surface area contributed by atoms with Gasteiger partial charge in [-0.05, 0) is 42.3 Å². The van der Waals surface area contributed by atoms with Crippen molar-refractivity contribution in [3.8, 4) is 0 Å². The second kappa shape index (κ2) is 7.15. The summed E-state index contributed by atoms with van der Waals surface area (Å²) in [5, 5.41) is 14.3. The van der Waals surface area contributed by atoms with Crippen LogP contribution in [0.5, 0.6) is 0 Å². The predicted molar refractivity (Wildman–Crippen MR) is 107 cm³/mol. The van der Waals surface area contributed by atoms with E-state index in [-0.39, 0.29) is 0 Å². The Kier molecular flexibility index (Phi) is 4.39. The zero-order valence-electron chi connectivity index (χ0n) is 14.4. The van der Waals surface area contributed by atoms with E-state index in [1.807, 2.05) is 54.7 Å². The van der Waals surface area contributed by atoms with Gasteiger partial charge in [-0.3, -0.25) is 4.98 Å². The van der Waals surface area contributed by atoms with E-state index in [4.69, 9.17) is 0 Å². The standard InChI is InChI=1S/C22H18N4/c1-16-6-4-8-18(14-16)24-22-20-10-3-2-9-19(20)21(25-26-22)12-11-17-7-5-13-23-15-17/h2-15H,1H3,(H,24,26)/b12-11-. The average Bonchev–Trinajstić information content (AvgIpc) is 2.68. The summed E-state index contributed by atoms with van der Waals surface area (Å²) in [6.45, 7) is 2.07. The van der Waals surface area contributed by atoms with Crippen LogP contribution in [-0.4, -0.2) is 15.2 Å². The Hall–Kier alpha value is -3.53. The van der Waals surface area contributed by atoms with Crippen LogP contribution in [0.3, 0.4) is 0 Å². The molecular weight excluding hydrogens is 320 g/mol. The molecule has 0 aliphatic rings. The molecule has 2 aromatic carbocycles. The first-order chi connectivity index (χ1) is 12.8. The predicted octanol–water partition coefficient (Wildman–Crippen LogP) is 5.25. The molecule has 0 atom stereocenters. The van der Waals surface area contributed by atoms with E-state index in [9.17, 15) is 0 Å². The lowest BCUT2D eigenvalue weighted by molar-refractivity contribution is 1.04. The monoisotopic (exact) mass is 338 g/mol. The molecule has 0 spiro atoms. The number of aryl methyl sites for hydroxylation is 1. The molecule has 0 saturated heterocycles. The number of anilines is 2. The average molecular weight is 338 g/mol. The molecule has 126 valence electrons. The summed E-state index contributed by atoms with van der Waals surface area (Å²) in [5.41, 5.74) is 4.06. The topological polar surface area (TPSA) is 50.7 Å². The number of fused-ring (bicyclic) bond motifs is 1. The quantitative estimate of drug-likeness (QED) is 0.552. The molecule has 4 nitrogen and oxygen atoms in total. The molecule has 0 bridgehead atoms. The maximum absolute atomic E-state index is 4.42. The van der Waals surface area contributed by atoms with Gasteiger partial charge in [0.1, 0.15) is 0 Å². The molecule has 0 aliphatic heterocycles. The van der Waals surface area contributed by atoms with Crippen LogP contribution in [0.25, 0.3) is 22.9 Å². The van der Waals surface area contributed by atoms with Gasteiger partial charge in [-0.1, -0.05) is 48.5 Å². The van der Waals surface area contributed by atoms with E-state index in [0.717, 1.165) is 33.5 Å². The summed E-state index contributed by atoms with van der Waals surface area (Å²) < 4.78 is 0. The Morgan fingerprint density at radius 2 is 1.73 bits per heavy atom. The summed E-state index contributed by atoms with van der Waals surface area (Å²) in [6, 6.07) is 20.3. The van der Waals surface area contributed by atoms with Crippen LogP contribution in [-0.2, 0) is 0 Å². The molecule has 0 radical (unpaired) electrons. The lowest BCUT2D eigenvalue weighted by Crippen LogP contribution is -1.99. The van der Waals surface area contributed by atoms with Gasteiger partial charge in [-0.25, -0.2) is 0 Å². The minimum Gasteiger partial charge on any atom is -0.338 e. The van der Waals surface area contributed by atoms with Gasteiger partial charge in [-0.2, -0.15) is 0 Å². The molecule has 0 amide bonds. The van der Waals surface area contributed by atoms with Gasteiger partial charge in [0.2, 0.25) is 0 Å². The molecule has 2 aromatic heterocycles. The van der Waals surface area contributed by atoms with Crippen molar-refractivity contribution in [1.29, 1.82) is 0 Å². The fraction of sp³-hybridized carbons (Fsp3) is 0.0455. The number of hydrogen-bond acceptors (Lipinski definition) is 4. The van der Waals surface area contributed by atoms with Crippen LogP contribution in [0.15, 0.2) is 73.1 Å². The molecule has 4 heteroatoms. The molecule has 4 aromatic rings. The molecule has 26 heavy (non-hydrogen) atoms. The van der Waals surface area contributed by atoms with Crippen molar-refractivity contribution < 1.29 is 0 Å². The fourth-order valence-corrected chi connectivity index (χ4v) is 2.85. The van der Waals surface area contributed by atoms with Crippen LogP contribution in [0.2, 0.25) is 0 Å². The third-order valence-corrected chi connectivity index (χ3v) is 4.11. The first-order valence-corrected chi connectivity index (χ1v) is 8.47. The van der Waals surface area contributed by atoms with Crippen molar-refractivity contribution >= 4 is 34.4 Å². The first kappa shape index (κ1) is 16.0. The van der Waals surface area contributed by atoms with Crippen LogP contribution < -0.4 is 5.32 Å². The normalized spacial score (nSPS) is 11.1. The fourth-order valence-electron chi connectivity index (χ4n) is 2.85. The second-order valence-electron chi connectivity index (χ2n) is 6.09. The molecule has 0 aliphatic carbocycles. The smallest absolute Gasteiger partial charge is 0.161 e. The zero-order chi connectivity index (χ0) is 17.8. The lowest BCUT2D eigenvalue weighted by atomic mass is 10.1. The maximum Gasteiger partial charge on any atom is 0.161 e. The lowest BCUT2D eigenvalue weighted by Gasteiger charge is -2.10. The van der Waals surface area contributed by atoms with Crippen LogP contribution in [0.1, 0.15) is 16.8 Å². The molecule has 0 fully saturated rings. The molecule has 4 rings (SSSR count). The molecule has 0 saturated carbocycles. The van der Waals surface area contributed by atoms with E-state index in [2.05, 4.69) is 51.7 Å². The highest BCUT2D eigenvalue weighted by Crippen LogP contribution is 2.26. The van der Waals surface area contributed by atoms with E-state index in [0.29, 0.717) is 0 Å². The zero-order valence-corrected chi connectivity index (χ0v) is 14.4. The van der Waals surface area contributed by atoms with E-state index in [1.165, 1.54) is 5.56 Å². The van der Waals surface area contributed by atoms with Gasteiger partial charge in [-0.15, -0.1) is 10.2 Å². The number of aromatic nitrogens is 3. The van der Waals surface area contributed by atoms with Crippen molar-refractivity contribution in [2.45, 2.75) is 6.92 Å². The number of hydrogen-bond donors (Lipinski definition) is 1. The highest BCUT2D eigenvalue weighted by molar-refractivity contribution is 5.98. The number of pyridine rings is 1. The SMILES string of the molecule is Cc1cccc(Nc2nnc(/C=C\c3cccnc3)c3ccccc23)c1. The van der Waals surface area contributed by atoms with Gasteiger partial charge >= 0.3 is 0 Å². The van der Waals surface area contributed by atoms with Crippen molar-refractivity contribution in [2.75, 3.05) is 5.32 Å². The molecule has 0 unspecified atom stereocenters. The summed E-state index contributed by atoms with van der Waals surface area (Å²) in [4.78, 5) is 4.13. The first-order valence-electron chi connectivity index (χ1n) is 8.47. The third kappa shape index (κ3) is 3.44. The Bertz CT molecular complexity index is 1070. The minimum absolute atomic E-state index is 0.754. The molecule has 2 heterocycles. The van der Waals surface area contributed by atoms with Crippen LogP contribution >= 0.6 is 0 Å². The Morgan fingerprint density at radius 1 is 0.846 bits per heavy atom. The van der Waals surface area contributed by atoms with Crippen molar-refractivity contribution in [3.63, 3.8) is 0 Å². The van der Waals surface area contributed by atoms with Gasteiger partial charge in [0.15, 0.2) is 5.82 Å². The maximum atomic E-state index is 4.42. The second-order valence-corrected chi connectivity index (χ2v) is 6.09. The highest BCUT2D eigenvalue weighted by atomic mass is 15.2. The van der Waals surface area contributed by atoms with Crippen LogP contribution in [0, 0.1) is 6.92 Å². The summed E-state index contributed by atoms with van der Waals surface area (Å²) in [5.74, 6) is 0.754. The Labute approximate surface area is 152 Å². The van der Waals surface area contributed by atoms with Gasteiger partial charge < -0.3 is 5.32 Å². The highest BCUT2D eigenvalue weighted by Gasteiger charge is 2.07. The van der Waals surface area contributed by atoms with Gasteiger partial charge in [0.05, 0.1) is 5.69 Å². The van der Waals surface area contributed by atoms with E-state index in [1.54, 1.807) is 6.20 Å². The number of nitrogens with one attached hydrogen (secondary N) is 1. The van der Waals surface area contributed by atoms with Gasteiger partial charge in [0.25, 0.3) is 0 Å². The van der Waals surface area contributed by atoms with Crippen molar-refractivity contribution in [2.24, 2.45) is 0 Å². The number of nitrogens with zero attached hydrogens (tertiary/aromatic N) is 3. The largest absolute Gasteiger partial charge is 0.338 e. The number of benzene rings is 2. The minimum atomic E-state index is 0.754. The van der Waals surface area contributed by atoms with E-state index >= 15 is 0 Å². The summed E-state index contributed by atoms with van der Waals surface area (Å²) >= 11 is 0.